The predicted octanol–water partition coefficient (Wildman–Crippen LogP) is 2.58. The number of benzene rings is 1. The van der Waals surface area contributed by atoms with Gasteiger partial charge in [-0.1, -0.05) is 12.1 Å². The molecule has 24 heavy (non-hydrogen) atoms. The highest BCUT2D eigenvalue weighted by molar-refractivity contribution is 5.91. The first-order valence-electron chi connectivity index (χ1n) is 7.42. The van der Waals surface area contributed by atoms with E-state index < -0.39 is 18.1 Å². The van der Waals surface area contributed by atoms with Crippen LogP contribution in [0, 0.1) is 5.92 Å². The smallest absolute Gasteiger partial charge is 0.404 e. The summed E-state index contributed by atoms with van der Waals surface area (Å²) in [6.45, 7) is 0.648. The zero-order valence-corrected chi connectivity index (χ0v) is 13.0. The van der Waals surface area contributed by atoms with E-state index in [2.05, 4.69) is 15.4 Å². The maximum atomic E-state index is 12.4. The molecule has 9 heteroatoms. The summed E-state index contributed by atoms with van der Waals surface area (Å²) < 4.78 is 41.1. The van der Waals surface area contributed by atoms with E-state index >= 15 is 0 Å². The maximum Gasteiger partial charge on any atom is 0.573 e. The van der Waals surface area contributed by atoms with Gasteiger partial charge < -0.3 is 20.3 Å². The minimum Gasteiger partial charge on any atom is -0.404 e. The topological polar surface area (TPSA) is 70.7 Å². The fourth-order valence-electron chi connectivity index (χ4n) is 2.56. The van der Waals surface area contributed by atoms with Gasteiger partial charge in [-0.05, 0) is 25.0 Å². The van der Waals surface area contributed by atoms with Crippen molar-refractivity contribution in [2.75, 3.05) is 25.5 Å². The van der Waals surface area contributed by atoms with E-state index in [9.17, 15) is 22.8 Å². The van der Waals surface area contributed by atoms with Crippen molar-refractivity contribution in [2.24, 2.45) is 5.92 Å². The van der Waals surface area contributed by atoms with Crippen LogP contribution in [0.3, 0.4) is 0 Å². The number of halogens is 3. The molecule has 1 atom stereocenters. The van der Waals surface area contributed by atoms with E-state index in [0.717, 1.165) is 6.07 Å². The quantitative estimate of drug-likeness (QED) is 0.885. The molecular weight excluding hydrogens is 327 g/mol. The fourth-order valence-corrected chi connectivity index (χ4v) is 2.56. The second-order valence-electron chi connectivity index (χ2n) is 5.37. The van der Waals surface area contributed by atoms with Crippen LogP contribution < -0.4 is 15.4 Å². The Kier molecular flexibility index (Phi) is 5.53. The molecule has 0 spiro atoms. The molecular formula is C15H18F3N3O3. The lowest BCUT2D eigenvalue weighted by atomic mass is 9.97. The summed E-state index contributed by atoms with van der Waals surface area (Å²) in [4.78, 5) is 25.4. The summed E-state index contributed by atoms with van der Waals surface area (Å²) >= 11 is 0. The molecule has 2 N–H and O–H groups in total. The van der Waals surface area contributed by atoms with Crippen molar-refractivity contribution in [1.82, 2.24) is 10.2 Å². The van der Waals surface area contributed by atoms with Gasteiger partial charge in [0, 0.05) is 20.1 Å². The Morgan fingerprint density at radius 2 is 2.00 bits per heavy atom. The molecule has 0 aliphatic carbocycles. The zero-order valence-electron chi connectivity index (χ0n) is 13.0. The Bertz CT molecular complexity index is 607. The van der Waals surface area contributed by atoms with Crippen LogP contribution in [-0.2, 0) is 4.79 Å². The van der Waals surface area contributed by atoms with Crippen LogP contribution >= 0.6 is 0 Å². The Morgan fingerprint density at radius 1 is 1.29 bits per heavy atom. The summed E-state index contributed by atoms with van der Waals surface area (Å²) in [5.41, 5.74) is -0.0816. The average Bonchev–Trinajstić information content (AvgIpc) is 2.54. The molecule has 3 amide bonds. The van der Waals surface area contributed by atoms with Gasteiger partial charge in [0.1, 0.15) is 0 Å². The zero-order chi connectivity index (χ0) is 17.7. The van der Waals surface area contributed by atoms with Gasteiger partial charge >= 0.3 is 12.4 Å². The average molecular weight is 345 g/mol. The molecule has 1 heterocycles. The number of carbonyl (C=O) groups excluding carboxylic acids is 2. The van der Waals surface area contributed by atoms with Gasteiger partial charge in [-0.3, -0.25) is 4.79 Å². The molecule has 0 aromatic heterocycles. The van der Waals surface area contributed by atoms with Crippen LogP contribution in [0.4, 0.5) is 23.7 Å². The number of anilines is 1. The first-order chi connectivity index (χ1) is 11.3. The summed E-state index contributed by atoms with van der Waals surface area (Å²) in [5, 5.41) is 4.95. The SMILES string of the molecule is CNC(=O)C1CCCN(C(=O)Nc2ccccc2OC(F)(F)F)C1. The van der Waals surface area contributed by atoms with Gasteiger partial charge in [-0.2, -0.15) is 0 Å². The van der Waals surface area contributed by atoms with E-state index in [1.165, 1.54) is 30.1 Å². The van der Waals surface area contributed by atoms with E-state index in [4.69, 9.17) is 0 Å². The van der Waals surface area contributed by atoms with Gasteiger partial charge in [-0.25, -0.2) is 4.79 Å². The number of nitrogens with zero attached hydrogens (tertiary/aromatic N) is 1. The first kappa shape index (κ1) is 17.9. The van der Waals surface area contributed by atoms with Crippen molar-refractivity contribution in [3.05, 3.63) is 24.3 Å². The monoisotopic (exact) mass is 345 g/mol. The summed E-state index contributed by atoms with van der Waals surface area (Å²) in [6.07, 6.45) is -3.54. The number of piperidine rings is 1. The van der Waals surface area contributed by atoms with Crippen molar-refractivity contribution in [2.45, 2.75) is 19.2 Å². The molecule has 1 unspecified atom stereocenters. The molecule has 1 aliphatic rings. The minimum atomic E-state index is -4.85. The Morgan fingerprint density at radius 3 is 2.67 bits per heavy atom. The summed E-state index contributed by atoms with van der Waals surface area (Å²) in [5.74, 6) is -0.970. The molecule has 6 nitrogen and oxygen atoms in total. The number of para-hydroxylation sites is 2. The van der Waals surface area contributed by atoms with Crippen molar-refractivity contribution in [3.8, 4) is 5.75 Å². The highest BCUT2D eigenvalue weighted by atomic mass is 19.4. The number of rotatable bonds is 3. The minimum absolute atomic E-state index is 0.0816. The second kappa shape index (κ2) is 7.41. The molecule has 1 fully saturated rings. The standard InChI is InChI=1S/C15H18F3N3O3/c1-19-13(22)10-5-4-8-21(9-10)14(23)20-11-6-2-3-7-12(11)24-15(16,17)18/h2-3,6-7,10H,4-5,8-9H2,1H3,(H,19,22)(H,20,23). The number of alkyl halides is 3. The fraction of sp³-hybridized carbons (Fsp3) is 0.467. The van der Waals surface area contributed by atoms with E-state index in [-0.39, 0.29) is 24.1 Å². The molecule has 1 aromatic rings. The largest absolute Gasteiger partial charge is 0.573 e. The summed E-state index contributed by atoms with van der Waals surface area (Å²) in [7, 11) is 1.52. The highest BCUT2D eigenvalue weighted by Gasteiger charge is 2.33. The van der Waals surface area contributed by atoms with Gasteiger partial charge in [0.05, 0.1) is 11.6 Å². The lowest BCUT2D eigenvalue weighted by Gasteiger charge is -2.32. The normalized spacial score (nSPS) is 18.0. The van der Waals surface area contributed by atoms with Crippen molar-refractivity contribution in [3.63, 3.8) is 0 Å². The third-order valence-corrected chi connectivity index (χ3v) is 3.68. The van der Waals surface area contributed by atoms with Crippen LogP contribution in [-0.4, -0.2) is 43.3 Å². The van der Waals surface area contributed by atoms with Gasteiger partial charge in [0.2, 0.25) is 5.91 Å². The van der Waals surface area contributed by atoms with Crippen LogP contribution in [0.25, 0.3) is 0 Å². The lowest BCUT2D eigenvalue weighted by Crippen LogP contribution is -2.46. The van der Waals surface area contributed by atoms with E-state index in [0.29, 0.717) is 19.4 Å². The Balaban J connectivity index is 2.06. The number of ether oxygens (including phenoxy) is 1. The number of likely N-dealkylation sites (tertiary alicyclic amines) is 1. The first-order valence-corrected chi connectivity index (χ1v) is 7.42. The third-order valence-electron chi connectivity index (χ3n) is 3.68. The van der Waals surface area contributed by atoms with Crippen LogP contribution in [0.1, 0.15) is 12.8 Å². The molecule has 1 aromatic carbocycles. The van der Waals surface area contributed by atoms with Gasteiger partial charge in [0.15, 0.2) is 5.75 Å². The van der Waals surface area contributed by atoms with Crippen LogP contribution in [0.15, 0.2) is 24.3 Å². The Labute approximate surface area is 137 Å². The third kappa shape index (κ3) is 4.77. The molecule has 1 aliphatic heterocycles. The van der Waals surface area contributed by atoms with Crippen molar-refractivity contribution in [1.29, 1.82) is 0 Å². The van der Waals surface area contributed by atoms with Crippen LogP contribution in [0.5, 0.6) is 5.75 Å². The second-order valence-corrected chi connectivity index (χ2v) is 5.37. The molecule has 0 bridgehead atoms. The maximum absolute atomic E-state index is 12.4. The van der Waals surface area contributed by atoms with E-state index in [1.54, 1.807) is 0 Å². The number of urea groups is 1. The van der Waals surface area contributed by atoms with Crippen molar-refractivity contribution < 1.29 is 27.5 Å². The van der Waals surface area contributed by atoms with E-state index in [1.807, 2.05) is 0 Å². The van der Waals surface area contributed by atoms with Gasteiger partial charge in [-0.15, -0.1) is 13.2 Å². The Hall–Kier alpha value is -2.45. The number of hydrogen-bond acceptors (Lipinski definition) is 3. The highest BCUT2D eigenvalue weighted by Crippen LogP contribution is 2.30. The van der Waals surface area contributed by atoms with Crippen LogP contribution in [0.2, 0.25) is 0 Å². The molecule has 0 radical (unpaired) electrons. The molecule has 1 saturated heterocycles. The predicted molar refractivity (Wildman–Crippen MR) is 80.5 cm³/mol. The number of nitrogens with one attached hydrogen (secondary N) is 2. The number of hydrogen-bond donors (Lipinski definition) is 2. The molecule has 0 saturated carbocycles. The number of carbonyl (C=O) groups is 2. The summed E-state index contributed by atoms with van der Waals surface area (Å²) in [6, 6.07) is 4.73. The number of amides is 3. The lowest BCUT2D eigenvalue weighted by molar-refractivity contribution is -0.274. The van der Waals surface area contributed by atoms with Crippen molar-refractivity contribution >= 4 is 17.6 Å². The molecule has 2 rings (SSSR count). The molecule has 132 valence electrons. The van der Waals surface area contributed by atoms with Gasteiger partial charge in [0.25, 0.3) is 0 Å².